The van der Waals surface area contributed by atoms with E-state index in [-0.39, 0.29) is 47.2 Å². The van der Waals surface area contributed by atoms with Crippen molar-refractivity contribution in [3.63, 3.8) is 0 Å². The van der Waals surface area contributed by atoms with E-state index in [1.54, 1.807) is 4.57 Å². The molecule has 5 rings (SSSR count). The fourth-order valence-electron chi connectivity index (χ4n) is 5.82. The van der Waals surface area contributed by atoms with Crippen molar-refractivity contribution in [1.82, 2.24) is 14.8 Å². The van der Waals surface area contributed by atoms with Gasteiger partial charge in [0, 0.05) is 37.5 Å². The van der Waals surface area contributed by atoms with E-state index >= 15 is 0 Å². The van der Waals surface area contributed by atoms with E-state index in [1.807, 2.05) is 11.8 Å². The van der Waals surface area contributed by atoms with Crippen molar-refractivity contribution in [2.75, 3.05) is 13.2 Å². The van der Waals surface area contributed by atoms with E-state index in [2.05, 4.69) is 5.32 Å². The average Bonchev–Trinajstić information content (AvgIpc) is 3.09. The zero-order valence-electron chi connectivity index (χ0n) is 19.7. The average molecular weight is 486 g/mol. The van der Waals surface area contributed by atoms with Crippen molar-refractivity contribution in [2.24, 2.45) is 5.92 Å². The molecule has 1 aromatic heterocycles. The van der Waals surface area contributed by atoms with Gasteiger partial charge in [0.05, 0.1) is 12.1 Å². The van der Waals surface area contributed by atoms with Gasteiger partial charge in [0.15, 0.2) is 11.4 Å². The number of ether oxygens (including phenoxy) is 1. The molecule has 7 nitrogen and oxygen atoms in total. The van der Waals surface area contributed by atoms with E-state index in [0.717, 1.165) is 44.2 Å². The number of carbonyl (C=O) groups excluding carboxylic acids is 2. The first-order valence-electron chi connectivity index (χ1n) is 12.3. The standard InChI is InChI=1S/C26H29F2N3O4/c1-2-3-9-35-23-21-25(34)31-13-16-5-4-8-26(31,11-16)15-30(21)14-19(22(23)32)24(33)29-12-17-6-7-18(27)10-20(17)28/h6-7,10,14,16H,2-5,8-9,11-13,15H2,1H3,(H,29,33)/t16-,26+/m1/s1. The molecule has 0 radical (unpaired) electrons. The fraction of sp³-hybridized carbons (Fsp3) is 0.500. The topological polar surface area (TPSA) is 80.6 Å². The minimum atomic E-state index is -0.783. The van der Waals surface area contributed by atoms with Gasteiger partial charge in [0.1, 0.15) is 17.2 Å². The second kappa shape index (κ2) is 9.09. The number of nitrogens with one attached hydrogen (secondary N) is 1. The Morgan fingerprint density at radius 3 is 2.89 bits per heavy atom. The molecule has 2 fully saturated rings. The largest absolute Gasteiger partial charge is 0.487 e. The molecule has 186 valence electrons. The molecule has 2 aromatic rings. The molecular formula is C26H29F2N3O4. The van der Waals surface area contributed by atoms with Gasteiger partial charge in [-0.05, 0) is 37.7 Å². The predicted molar refractivity (Wildman–Crippen MR) is 124 cm³/mol. The Morgan fingerprint density at radius 1 is 1.29 bits per heavy atom. The van der Waals surface area contributed by atoms with Crippen LogP contribution in [0, 0.1) is 17.6 Å². The second-order valence-corrected chi connectivity index (χ2v) is 9.90. The molecular weight excluding hydrogens is 456 g/mol. The van der Waals surface area contributed by atoms with Gasteiger partial charge < -0.3 is 19.5 Å². The van der Waals surface area contributed by atoms with Crippen LogP contribution in [-0.2, 0) is 13.1 Å². The number of aromatic nitrogens is 1. The van der Waals surface area contributed by atoms with Gasteiger partial charge in [-0.3, -0.25) is 14.4 Å². The van der Waals surface area contributed by atoms with Crippen LogP contribution in [0.2, 0.25) is 0 Å². The number of fused-ring (bicyclic) bond motifs is 2. The molecule has 1 aliphatic carbocycles. The second-order valence-electron chi connectivity index (χ2n) is 9.90. The van der Waals surface area contributed by atoms with E-state index in [1.165, 1.54) is 12.3 Å². The van der Waals surface area contributed by atoms with Crippen LogP contribution in [0.1, 0.15) is 71.9 Å². The lowest BCUT2D eigenvalue weighted by atomic mass is 9.79. The Bertz CT molecular complexity index is 1240. The molecule has 2 amide bonds. The Morgan fingerprint density at radius 2 is 2.11 bits per heavy atom. The molecule has 3 aliphatic rings. The summed E-state index contributed by atoms with van der Waals surface area (Å²) in [5.41, 5.74) is -0.818. The Hall–Kier alpha value is -3.23. The first-order chi connectivity index (χ1) is 16.8. The first kappa shape index (κ1) is 23.5. The molecule has 1 saturated carbocycles. The van der Waals surface area contributed by atoms with Crippen LogP contribution in [0.25, 0.3) is 0 Å². The number of rotatable bonds is 7. The molecule has 3 heterocycles. The molecule has 1 spiro atoms. The Labute approximate surface area is 202 Å². The monoisotopic (exact) mass is 485 g/mol. The number of halogens is 2. The van der Waals surface area contributed by atoms with Gasteiger partial charge in [-0.25, -0.2) is 8.78 Å². The normalized spacial score (nSPS) is 22.5. The summed E-state index contributed by atoms with van der Waals surface area (Å²) in [4.78, 5) is 41.9. The highest BCUT2D eigenvalue weighted by molar-refractivity contribution is 5.99. The van der Waals surface area contributed by atoms with Crippen LogP contribution in [0.3, 0.4) is 0 Å². The Balaban J connectivity index is 1.50. The summed E-state index contributed by atoms with van der Waals surface area (Å²) in [6, 6.07) is 3.09. The number of unbranched alkanes of at least 4 members (excludes halogenated alkanes) is 1. The molecule has 0 unspecified atom stereocenters. The fourth-order valence-corrected chi connectivity index (χ4v) is 5.82. The molecule has 35 heavy (non-hydrogen) atoms. The van der Waals surface area contributed by atoms with Gasteiger partial charge >= 0.3 is 0 Å². The number of hydrogen-bond acceptors (Lipinski definition) is 4. The molecule has 9 heteroatoms. The van der Waals surface area contributed by atoms with E-state index in [0.29, 0.717) is 25.4 Å². The van der Waals surface area contributed by atoms with Gasteiger partial charge in [-0.1, -0.05) is 25.8 Å². The van der Waals surface area contributed by atoms with Crippen LogP contribution < -0.4 is 15.5 Å². The summed E-state index contributed by atoms with van der Waals surface area (Å²) in [6.07, 6.45) is 6.92. The third-order valence-electron chi connectivity index (χ3n) is 7.53. The van der Waals surface area contributed by atoms with Crippen molar-refractivity contribution in [3.8, 4) is 5.75 Å². The highest BCUT2D eigenvalue weighted by Crippen LogP contribution is 2.48. The Kier molecular flexibility index (Phi) is 6.11. The van der Waals surface area contributed by atoms with Crippen LogP contribution >= 0.6 is 0 Å². The molecule has 1 N–H and O–H groups in total. The third kappa shape index (κ3) is 4.10. The van der Waals surface area contributed by atoms with Crippen LogP contribution in [0.5, 0.6) is 5.75 Å². The van der Waals surface area contributed by atoms with Gasteiger partial charge in [0.25, 0.3) is 11.8 Å². The van der Waals surface area contributed by atoms with Crippen molar-refractivity contribution < 1.29 is 23.1 Å². The van der Waals surface area contributed by atoms with Gasteiger partial charge in [-0.2, -0.15) is 0 Å². The van der Waals surface area contributed by atoms with Crippen molar-refractivity contribution in [1.29, 1.82) is 0 Å². The molecule has 1 aromatic carbocycles. The maximum atomic E-state index is 14.0. The quantitative estimate of drug-likeness (QED) is 0.608. The summed E-state index contributed by atoms with van der Waals surface area (Å²) in [6.45, 7) is 3.22. The van der Waals surface area contributed by atoms with Crippen LogP contribution in [-0.4, -0.2) is 40.0 Å². The summed E-state index contributed by atoms with van der Waals surface area (Å²) in [7, 11) is 0. The third-order valence-corrected chi connectivity index (χ3v) is 7.53. The molecule has 2 atom stereocenters. The highest BCUT2D eigenvalue weighted by atomic mass is 19.1. The van der Waals surface area contributed by atoms with E-state index in [4.69, 9.17) is 4.74 Å². The molecule has 2 aliphatic heterocycles. The van der Waals surface area contributed by atoms with Crippen molar-refractivity contribution >= 4 is 11.8 Å². The number of amides is 2. The summed E-state index contributed by atoms with van der Waals surface area (Å²) >= 11 is 0. The minimum Gasteiger partial charge on any atom is -0.487 e. The van der Waals surface area contributed by atoms with Crippen LogP contribution in [0.15, 0.2) is 29.2 Å². The zero-order valence-corrected chi connectivity index (χ0v) is 19.7. The van der Waals surface area contributed by atoms with E-state index < -0.39 is 23.0 Å². The molecule has 2 bridgehead atoms. The van der Waals surface area contributed by atoms with Crippen LogP contribution in [0.4, 0.5) is 8.78 Å². The zero-order chi connectivity index (χ0) is 24.7. The number of carbonyl (C=O) groups is 2. The number of hydrogen-bond donors (Lipinski definition) is 1. The summed E-state index contributed by atoms with van der Waals surface area (Å²) < 4.78 is 34.7. The molecule has 1 saturated heterocycles. The first-order valence-corrected chi connectivity index (χ1v) is 12.3. The number of pyridine rings is 1. The van der Waals surface area contributed by atoms with Gasteiger partial charge in [0.2, 0.25) is 5.43 Å². The highest BCUT2D eigenvalue weighted by Gasteiger charge is 2.54. The maximum absolute atomic E-state index is 14.0. The number of nitrogens with zero attached hydrogens (tertiary/aromatic N) is 2. The lowest BCUT2D eigenvalue weighted by Crippen LogP contribution is -2.55. The lowest BCUT2D eigenvalue weighted by Gasteiger charge is -2.44. The van der Waals surface area contributed by atoms with Crippen molar-refractivity contribution in [2.45, 2.75) is 64.1 Å². The summed E-state index contributed by atoms with van der Waals surface area (Å²) in [5.74, 6) is -2.06. The van der Waals surface area contributed by atoms with E-state index in [9.17, 15) is 23.2 Å². The summed E-state index contributed by atoms with van der Waals surface area (Å²) in [5, 5.41) is 2.55. The predicted octanol–water partition coefficient (Wildman–Crippen LogP) is 3.63. The minimum absolute atomic E-state index is 0.0969. The smallest absolute Gasteiger partial charge is 0.275 e. The number of benzene rings is 1. The van der Waals surface area contributed by atoms with Gasteiger partial charge in [-0.15, -0.1) is 0 Å². The van der Waals surface area contributed by atoms with Crippen molar-refractivity contribution in [3.05, 3.63) is 63.1 Å². The maximum Gasteiger partial charge on any atom is 0.275 e. The lowest BCUT2D eigenvalue weighted by molar-refractivity contribution is 0.0417. The SMILES string of the molecule is CCCCOc1c2n(cc(C(=O)NCc3ccc(F)cc3F)c1=O)C[C@@]13CCC[C@@H](CN1C2=O)C3.